The average molecular weight is 453 g/mol. The SMILES string of the molecule is CN=C(NCCCCn1cnnc1)NCCN(C)CCCOC.I. The number of nitrogens with one attached hydrogen (secondary N) is 2. The number of aliphatic imine (C=N–C) groups is 1. The van der Waals surface area contributed by atoms with Crippen molar-refractivity contribution in [1.29, 1.82) is 0 Å². The number of rotatable bonds is 12. The number of guanidine groups is 1. The van der Waals surface area contributed by atoms with Gasteiger partial charge in [-0.15, -0.1) is 34.2 Å². The van der Waals surface area contributed by atoms with Crippen LogP contribution < -0.4 is 10.6 Å². The van der Waals surface area contributed by atoms with E-state index in [1.54, 1.807) is 26.8 Å². The van der Waals surface area contributed by atoms with Gasteiger partial charge in [0.1, 0.15) is 12.7 Å². The van der Waals surface area contributed by atoms with Crippen LogP contribution in [-0.2, 0) is 11.3 Å². The molecule has 9 heteroatoms. The van der Waals surface area contributed by atoms with E-state index in [4.69, 9.17) is 4.74 Å². The Morgan fingerprint density at radius 1 is 1.12 bits per heavy atom. The maximum absolute atomic E-state index is 5.06. The Labute approximate surface area is 162 Å². The molecule has 0 bridgehead atoms. The first-order valence-electron chi connectivity index (χ1n) is 8.20. The van der Waals surface area contributed by atoms with Gasteiger partial charge in [-0.3, -0.25) is 4.99 Å². The highest BCUT2D eigenvalue weighted by atomic mass is 127. The Balaban J connectivity index is 0.00000529. The number of ether oxygens (including phenoxy) is 1. The zero-order valence-electron chi connectivity index (χ0n) is 15.1. The largest absolute Gasteiger partial charge is 0.385 e. The first-order valence-corrected chi connectivity index (χ1v) is 8.20. The van der Waals surface area contributed by atoms with E-state index in [-0.39, 0.29) is 24.0 Å². The summed E-state index contributed by atoms with van der Waals surface area (Å²) in [6.07, 6.45) is 6.72. The van der Waals surface area contributed by atoms with E-state index in [0.717, 1.165) is 64.6 Å². The van der Waals surface area contributed by atoms with Crippen LogP contribution in [0.2, 0.25) is 0 Å². The van der Waals surface area contributed by atoms with E-state index < -0.39 is 0 Å². The minimum absolute atomic E-state index is 0. The van der Waals surface area contributed by atoms with Crippen LogP contribution in [0.4, 0.5) is 0 Å². The molecule has 1 rings (SSSR count). The van der Waals surface area contributed by atoms with Crippen molar-refractivity contribution in [3.63, 3.8) is 0 Å². The molecule has 1 aromatic heterocycles. The molecule has 140 valence electrons. The molecule has 0 aliphatic heterocycles. The second-order valence-electron chi connectivity index (χ2n) is 5.48. The van der Waals surface area contributed by atoms with Crippen molar-refractivity contribution in [3.8, 4) is 0 Å². The highest BCUT2D eigenvalue weighted by molar-refractivity contribution is 14.0. The monoisotopic (exact) mass is 453 g/mol. The van der Waals surface area contributed by atoms with Crippen molar-refractivity contribution >= 4 is 29.9 Å². The molecule has 0 fully saturated rings. The number of methoxy groups -OCH3 is 1. The van der Waals surface area contributed by atoms with Crippen molar-refractivity contribution in [3.05, 3.63) is 12.7 Å². The minimum Gasteiger partial charge on any atom is -0.385 e. The Bertz CT molecular complexity index is 414. The lowest BCUT2D eigenvalue weighted by Gasteiger charge is -2.18. The molecule has 0 aromatic carbocycles. The summed E-state index contributed by atoms with van der Waals surface area (Å²) in [5, 5.41) is 14.3. The third-order valence-corrected chi connectivity index (χ3v) is 3.50. The van der Waals surface area contributed by atoms with E-state index in [1.807, 2.05) is 4.57 Å². The van der Waals surface area contributed by atoms with Gasteiger partial charge in [-0.25, -0.2) is 0 Å². The Morgan fingerprint density at radius 3 is 2.50 bits per heavy atom. The smallest absolute Gasteiger partial charge is 0.191 e. The van der Waals surface area contributed by atoms with E-state index >= 15 is 0 Å². The minimum atomic E-state index is 0. The molecule has 0 spiro atoms. The molecule has 24 heavy (non-hydrogen) atoms. The number of likely N-dealkylation sites (N-methyl/N-ethyl adjacent to an activating group) is 1. The summed E-state index contributed by atoms with van der Waals surface area (Å²) in [6, 6.07) is 0. The van der Waals surface area contributed by atoms with Crippen molar-refractivity contribution in [2.75, 3.05) is 54.0 Å². The van der Waals surface area contributed by atoms with Crippen LogP contribution in [0.5, 0.6) is 0 Å². The predicted molar refractivity (Wildman–Crippen MR) is 108 cm³/mol. The first kappa shape index (κ1) is 23.1. The number of halogens is 1. The van der Waals surface area contributed by atoms with Crippen molar-refractivity contribution < 1.29 is 4.74 Å². The second-order valence-corrected chi connectivity index (χ2v) is 5.48. The molecule has 0 aliphatic carbocycles. The van der Waals surface area contributed by atoms with E-state index in [0.29, 0.717) is 0 Å². The van der Waals surface area contributed by atoms with Gasteiger partial charge in [0.2, 0.25) is 0 Å². The van der Waals surface area contributed by atoms with Crippen LogP contribution in [0.25, 0.3) is 0 Å². The molecular formula is C15H32IN7O. The van der Waals surface area contributed by atoms with Gasteiger partial charge < -0.3 is 24.8 Å². The van der Waals surface area contributed by atoms with Gasteiger partial charge in [0.05, 0.1) is 0 Å². The molecule has 0 radical (unpaired) electrons. The molecule has 1 aromatic rings. The number of hydrogen-bond acceptors (Lipinski definition) is 5. The number of hydrogen-bond donors (Lipinski definition) is 2. The molecule has 0 atom stereocenters. The summed E-state index contributed by atoms with van der Waals surface area (Å²) in [5.41, 5.74) is 0. The normalized spacial score (nSPS) is 11.4. The zero-order chi connectivity index (χ0) is 16.8. The van der Waals surface area contributed by atoms with Crippen molar-refractivity contribution in [2.45, 2.75) is 25.8 Å². The predicted octanol–water partition coefficient (Wildman–Crippen LogP) is 0.810. The number of unbranched alkanes of at least 4 members (excludes halogenated alkanes) is 1. The third kappa shape index (κ3) is 11.6. The van der Waals surface area contributed by atoms with Gasteiger partial charge in [-0.05, 0) is 26.3 Å². The van der Waals surface area contributed by atoms with Crippen LogP contribution >= 0.6 is 24.0 Å². The van der Waals surface area contributed by atoms with Gasteiger partial charge in [0.25, 0.3) is 0 Å². The van der Waals surface area contributed by atoms with Crippen LogP contribution in [-0.4, -0.2) is 79.6 Å². The summed E-state index contributed by atoms with van der Waals surface area (Å²) >= 11 is 0. The molecule has 0 saturated carbocycles. The fourth-order valence-corrected chi connectivity index (χ4v) is 2.14. The lowest BCUT2D eigenvalue weighted by atomic mass is 10.3. The summed E-state index contributed by atoms with van der Waals surface area (Å²) in [6.45, 7) is 5.58. The molecule has 8 nitrogen and oxygen atoms in total. The Morgan fingerprint density at radius 2 is 1.83 bits per heavy atom. The fourth-order valence-electron chi connectivity index (χ4n) is 2.14. The van der Waals surface area contributed by atoms with Gasteiger partial charge in [-0.2, -0.15) is 0 Å². The number of aromatic nitrogens is 3. The van der Waals surface area contributed by atoms with Gasteiger partial charge in [-0.1, -0.05) is 0 Å². The highest BCUT2D eigenvalue weighted by Crippen LogP contribution is 1.92. The standard InChI is InChI=1S/C15H31N7O.HI/c1-16-15(18-8-11-21(2)9-6-12-23-3)17-7-4-5-10-22-13-19-20-14-22;/h13-14H,4-12H2,1-3H3,(H2,16,17,18);1H. The maximum Gasteiger partial charge on any atom is 0.191 e. The van der Waals surface area contributed by atoms with Gasteiger partial charge in [0, 0.05) is 53.5 Å². The van der Waals surface area contributed by atoms with Gasteiger partial charge >= 0.3 is 0 Å². The van der Waals surface area contributed by atoms with Crippen LogP contribution in [0, 0.1) is 0 Å². The average Bonchev–Trinajstić information content (AvgIpc) is 3.06. The lowest BCUT2D eigenvalue weighted by Crippen LogP contribution is -2.41. The summed E-state index contributed by atoms with van der Waals surface area (Å²) in [4.78, 5) is 6.53. The molecule has 1 heterocycles. The molecule has 0 saturated heterocycles. The highest BCUT2D eigenvalue weighted by Gasteiger charge is 2.00. The van der Waals surface area contributed by atoms with Crippen molar-refractivity contribution in [1.82, 2.24) is 30.3 Å². The first-order chi connectivity index (χ1) is 11.3. The maximum atomic E-state index is 5.06. The lowest BCUT2D eigenvalue weighted by molar-refractivity contribution is 0.180. The van der Waals surface area contributed by atoms with E-state index in [2.05, 4.69) is 37.8 Å². The number of nitrogens with zero attached hydrogens (tertiary/aromatic N) is 5. The van der Waals surface area contributed by atoms with Crippen LogP contribution in [0.1, 0.15) is 19.3 Å². The molecule has 0 amide bonds. The van der Waals surface area contributed by atoms with Gasteiger partial charge in [0.15, 0.2) is 5.96 Å². The Hall–Kier alpha value is -0.940. The summed E-state index contributed by atoms with van der Waals surface area (Å²) in [5.74, 6) is 0.861. The van der Waals surface area contributed by atoms with E-state index in [1.165, 1.54) is 0 Å². The molecule has 0 unspecified atom stereocenters. The summed E-state index contributed by atoms with van der Waals surface area (Å²) < 4.78 is 7.05. The molecular weight excluding hydrogens is 421 g/mol. The van der Waals surface area contributed by atoms with Crippen molar-refractivity contribution in [2.24, 2.45) is 4.99 Å². The fraction of sp³-hybridized carbons (Fsp3) is 0.800. The molecule has 2 N–H and O–H groups in total. The summed E-state index contributed by atoms with van der Waals surface area (Å²) in [7, 11) is 5.66. The quantitative estimate of drug-likeness (QED) is 0.211. The topological polar surface area (TPSA) is 79.6 Å². The number of aryl methyl sites for hydroxylation is 1. The van der Waals surface area contributed by atoms with Crippen LogP contribution in [0.15, 0.2) is 17.6 Å². The van der Waals surface area contributed by atoms with E-state index in [9.17, 15) is 0 Å². The zero-order valence-corrected chi connectivity index (χ0v) is 17.4. The Kier molecular flexibility index (Phi) is 15.0. The molecule has 0 aliphatic rings. The second kappa shape index (κ2) is 15.6. The van der Waals surface area contributed by atoms with Crippen LogP contribution in [0.3, 0.4) is 0 Å². The third-order valence-electron chi connectivity index (χ3n) is 3.50.